The van der Waals surface area contributed by atoms with Gasteiger partial charge in [0, 0.05) is 13.1 Å². The molecule has 0 atom stereocenters. The van der Waals surface area contributed by atoms with E-state index >= 15 is 0 Å². The Morgan fingerprint density at radius 3 is 3.00 bits per heavy atom. The summed E-state index contributed by atoms with van der Waals surface area (Å²) in [5.74, 6) is 1.67. The average Bonchev–Trinajstić information content (AvgIpc) is 2.98. The fraction of sp³-hybridized carbons (Fsp3) is 0.455. The van der Waals surface area contributed by atoms with Crippen LogP contribution in [0.5, 0.6) is 0 Å². The molecule has 2 N–H and O–H groups in total. The summed E-state index contributed by atoms with van der Waals surface area (Å²) in [6.07, 6.45) is 1.58. The van der Waals surface area contributed by atoms with Gasteiger partial charge in [0.25, 0.3) is 0 Å². The molecule has 0 saturated heterocycles. The van der Waals surface area contributed by atoms with E-state index in [2.05, 4.69) is 22.0 Å². The predicted octanol–water partition coefficient (Wildman–Crippen LogP) is 1.11. The van der Waals surface area contributed by atoms with E-state index < -0.39 is 0 Å². The molecular formula is C11H16N4O2. The van der Waals surface area contributed by atoms with Crippen LogP contribution in [-0.2, 0) is 6.54 Å². The number of nitrogens with zero attached hydrogens (tertiary/aromatic N) is 3. The minimum atomic E-state index is 0.480. The molecule has 0 amide bonds. The Morgan fingerprint density at radius 2 is 2.35 bits per heavy atom. The first kappa shape index (κ1) is 11.8. The molecule has 0 aliphatic carbocycles. The molecule has 0 fully saturated rings. The molecule has 0 radical (unpaired) electrons. The molecule has 0 aliphatic rings. The van der Waals surface area contributed by atoms with E-state index in [-0.39, 0.29) is 0 Å². The van der Waals surface area contributed by atoms with Crippen LogP contribution in [0.15, 0.2) is 27.3 Å². The van der Waals surface area contributed by atoms with Gasteiger partial charge in [-0.15, -0.1) is 0 Å². The number of hydrogen-bond donors (Lipinski definition) is 1. The molecule has 6 heteroatoms. The van der Waals surface area contributed by atoms with Crippen molar-refractivity contribution in [3.63, 3.8) is 0 Å². The summed E-state index contributed by atoms with van der Waals surface area (Å²) >= 11 is 0. The van der Waals surface area contributed by atoms with Gasteiger partial charge in [0.1, 0.15) is 0 Å². The first-order chi connectivity index (χ1) is 8.33. The molecule has 0 bridgehead atoms. The van der Waals surface area contributed by atoms with Crippen LogP contribution in [0.1, 0.15) is 12.8 Å². The van der Waals surface area contributed by atoms with Gasteiger partial charge in [0.15, 0.2) is 5.76 Å². The minimum Gasteiger partial charge on any atom is -0.461 e. The Hall–Kier alpha value is -1.66. The van der Waals surface area contributed by atoms with Crippen molar-refractivity contribution >= 4 is 0 Å². The van der Waals surface area contributed by atoms with Crippen molar-refractivity contribution in [1.29, 1.82) is 0 Å². The van der Waals surface area contributed by atoms with E-state index in [0.717, 1.165) is 13.1 Å². The van der Waals surface area contributed by atoms with Crippen molar-refractivity contribution in [2.75, 3.05) is 19.6 Å². The third-order valence-corrected chi connectivity index (χ3v) is 2.46. The largest absolute Gasteiger partial charge is 0.461 e. The van der Waals surface area contributed by atoms with Crippen LogP contribution < -0.4 is 5.73 Å². The highest BCUT2D eigenvalue weighted by Crippen LogP contribution is 2.16. The number of likely N-dealkylation sites (N-methyl/N-ethyl adjacent to an activating group) is 1. The van der Waals surface area contributed by atoms with Crippen molar-refractivity contribution in [2.45, 2.75) is 13.5 Å². The van der Waals surface area contributed by atoms with Crippen LogP contribution in [0.3, 0.4) is 0 Å². The molecule has 92 valence electrons. The Labute approximate surface area is 99.4 Å². The van der Waals surface area contributed by atoms with Gasteiger partial charge in [0.05, 0.1) is 12.8 Å². The van der Waals surface area contributed by atoms with Crippen LogP contribution >= 0.6 is 0 Å². The molecule has 0 aromatic carbocycles. The van der Waals surface area contributed by atoms with Crippen LogP contribution in [0, 0.1) is 0 Å². The number of nitrogens with two attached hydrogens (primary N) is 1. The first-order valence-corrected chi connectivity index (χ1v) is 5.62. The Morgan fingerprint density at radius 1 is 1.47 bits per heavy atom. The van der Waals surface area contributed by atoms with Gasteiger partial charge in [-0.05, 0) is 18.7 Å². The number of rotatable bonds is 6. The van der Waals surface area contributed by atoms with Gasteiger partial charge in [-0.25, -0.2) is 0 Å². The summed E-state index contributed by atoms with van der Waals surface area (Å²) in [6, 6.07) is 3.59. The van der Waals surface area contributed by atoms with E-state index in [1.165, 1.54) is 0 Å². The monoisotopic (exact) mass is 236 g/mol. The van der Waals surface area contributed by atoms with Gasteiger partial charge in [0.2, 0.25) is 11.7 Å². The van der Waals surface area contributed by atoms with Crippen LogP contribution in [-0.4, -0.2) is 34.7 Å². The third-order valence-electron chi connectivity index (χ3n) is 2.46. The molecule has 0 unspecified atom stereocenters. The van der Waals surface area contributed by atoms with Gasteiger partial charge < -0.3 is 14.7 Å². The van der Waals surface area contributed by atoms with Crippen molar-refractivity contribution in [3.8, 4) is 11.6 Å². The minimum absolute atomic E-state index is 0.480. The third kappa shape index (κ3) is 2.92. The van der Waals surface area contributed by atoms with Gasteiger partial charge in [-0.3, -0.25) is 4.90 Å². The normalized spacial score (nSPS) is 11.2. The molecule has 0 aliphatic heterocycles. The Balaban J connectivity index is 2.03. The highest BCUT2D eigenvalue weighted by atomic mass is 16.5. The SMILES string of the molecule is CCN(CCN)Cc1nc(-c2ccco2)no1. The van der Waals surface area contributed by atoms with E-state index in [4.69, 9.17) is 14.7 Å². The van der Waals surface area contributed by atoms with Crippen molar-refractivity contribution in [1.82, 2.24) is 15.0 Å². The molecule has 2 heterocycles. The lowest BCUT2D eigenvalue weighted by Gasteiger charge is -2.16. The van der Waals surface area contributed by atoms with Gasteiger partial charge in [-0.2, -0.15) is 4.98 Å². The van der Waals surface area contributed by atoms with Crippen molar-refractivity contribution in [3.05, 3.63) is 24.3 Å². The smallest absolute Gasteiger partial charge is 0.241 e. The van der Waals surface area contributed by atoms with E-state index in [0.29, 0.717) is 30.6 Å². The van der Waals surface area contributed by atoms with Crippen molar-refractivity contribution < 1.29 is 8.94 Å². The highest BCUT2D eigenvalue weighted by Gasteiger charge is 2.12. The maximum Gasteiger partial charge on any atom is 0.241 e. The Bertz CT molecular complexity index is 438. The maximum atomic E-state index is 5.52. The van der Waals surface area contributed by atoms with Crippen LogP contribution in [0.4, 0.5) is 0 Å². The zero-order valence-electron chi connectivity index (χ0n) is 9.80. The quantitative estimate of drug-likeness (QED) is 0.809. The van der Waals surface area contributed by atoms with Gasteiger partial charge in [-0.1, -0.05) is 12.1 Å². The summed E-state index contributed by atoms with van der Waals surface area (Å²) < 4.78 is 10.4. The average molecular weight is 236 g/mol. The van der Waals surface area contributed by atoms with Crippen molar-refractivity contribution in [2.24, 2.45) is 5.73 Å². The summed E-state index contributed by atoms with van der Waals surface area (Å²) in [4.78, 5) is 6.41. The second-order valence-corrected chi connectivity index (χ2v) is 3.65. The Kier molecular flexibility index (Phi) is 3.89. The zero-order valence-corrected chi connectivity index (χ0v) is 9.80. The molecule has 6 nitrogen and oxygen atoms in total. The lowest BCUT2D eigenvalue weighted by Crippen LogP contribution is -2.28. The predicted molar refractivity (Wildman–Crippen MR) is 62.0 cm³/mol. The zero-order chi connectivity index (χ0) is 12.1. The lowest BCUT2D eigenvalue weighted by atomic mass is 10.4. The second kappa shape index (κ2) is 5.60. The van der Waals surface area contributed by atoms with E-state index in [1.54, 1.807) is 18.4 Å². The molecular weight excluding hydrogens is 220 g/mol. The lowest BCUT2D eigenvalue weighted by molar-refractivity contribution is 0.241. The summed E-state index contributed by atoms with van der Waals surface area (Å²) in [5.41, 5.74) is 5.52. The van der Waals surface area contributed by atoms with Gasteiger partial charge >= 0.3 is 0 Å². The molecule has 17 heavy (non-hydrogen) atoms. The molecule has 2 aromatic heterocycles. The summed E-state index contributed by atoms with van der Waals surface area (Å²) in [6.45, 7) is 5.01. The van der Waals surface area contributed by atoms with E-state index in [9.17, 15) is 0 Å². The standard InChI is InChI=1S/C11H16N4O2/c1-2-15(6-5-12)8-10-13-11(14-17-10)9-4-3-7-16-9/h3-4,7H,2,5-6,8,12H2,1H3. The molecule has 0 spiro atoms. The summed E-state index contributed by atoms with van der Waals surface area (Å²) in [5, 5.41) is 3.87. The molecule has 2 rings (SSSR count). The number of furan rings is 1. The number of hydrogen-bond acceptors (Lipinski definition) is 6. The topological polar surface area (TPSA) is 81.3 Å². The first-order valence-electron chi connectivity index (χ1n) is 5.62. The number of aromatic nitrogens is 2. The molecule has 2 aromatic rings. The highest BCUT2D eigenvalue weighted by molar-refractivity contribution is 5.44. The van der Waals surface area contributed by atoms with Crippen LogP contribution in [0.25, 0.3) is 11.6 Å². The molecule has 0 saturated carbocycles. The fourth-order valence-corrected chi connectivity index (χ4v) is 1.55. The maximum absolute atomic E-state index is 5.52. The summed E-state index contributed by atoms with van der Waals surface area (Å²) in [7, 11) is 0. The van der Waals surface area contributed by atoms with Crippen LogP contribution in [0.2, 0.25) is 0 Å². The second-order valence-electron chi connectivity index (χ2n) is 3.65. The van der Waals surface area contributed by atoms with E-state index in [1.807, 2.05) is 0 Å². The fourth-order valence-electron chi connectivity index (χ4n) is 1.55.